The second kappa shape index (κ2) is 6.39. The lowest BCUT2D eigenvalue weighted by molar-refractivity contribution is -0.122. The molecule has 1 N–H and O–H groups in total. The number of anilines is 1. The number of hydrogen-bond donors (Lipinski definition) is 1. The Balaban J connectivity index is 1.69. The molecule has 2 aromatic carbocycles. The number of ketones is 1. The van der Waals surface area contributed by atoms with Crippen LogP contribution in [0, 0.1) is 0 Å². The maximum atomic E-state index is 13.0. The maximum Gasteiger partial charge on any atom is 0.265 e. The number of pyridine rings is 1. The fraction of sp³-hybridized carbons (Fsp3) is 0.190. The molecule has 1 aliphatic rings. The topological polar surface area (TPSA) is 77.4 Å². The summed E-state index contributed by atoms with van der Waals surface area (Å²) in [4.78, 5) is 37.5. The number of nitrogens with zero attached hydrogens (tertiary/aromatic N) is 1. The summed E-state index contributed by atoms with van der Waals surface area (Å²) in [6, 6.07) is 13.3. The predicted molar refractivity (Wildman–Crippen MR) is 102 cm³/mol. The minimum atomic E-state index is -0.681. The molecule has 0 aliphatic carbocycles. The smallest absolute Gasteiger partial charge is 0.265 e. The van der Waals surface area contributed by atoms with Crippen molar-refractivity contribution in [3.05, 3.63) is 70.6 Å². The van der Waals surface area contributed by atoms with E-state index in [1.54, 1.807) is 50.4 Å². The van der Waals surface area contributed by atoms with Gasteiger partial charge in [-0.2, -0.15) is 0 Å². The summed E-state index contributed by atoms with van der Waals surface area (Å²) in [6.07, 6.45) is 1.06. The highest BCUT2D eigenvalue weighted by Gasteiger charge is 2.26. The lowest BCUT2D eigenvalue weighted by atomic mass is 10.0. The Kier molecular flexibility index (Phi) is 4.03. The zero-order chi connectivity index (χ0) is 19.1. The van der Waals surface area contributed by atoms with Crippen LogP contribution in [0.3, 0.4) is 0 Å². The molecule has 0 fully saturated rings. The van der Waals surface area contributed by atoms with Crippen LogP contribution in [0.5, 0.6) is 5.75 Å². The van der Waals surface area contributed by atoms with Gasteiger partial charge in [0, 0.05) is 17.1 Å². The number of fused-ring (bicyclic) bond motifs is 2. The summed E-state index contributed by atoms with van der Waals surface area (Å²) in [5.41, 5.74) is 0.652. The molecule has 0 saturated carbocycles. The van der Waals surface area contributed by atoms with Crippen LogP contribution in [0.15, 0.2) is 59.5 Å². The van der Waals surface area contributed by atoms with Gasteiger partial charge in [0.05, 0.1) is 11.7 Å². The predicted octanol–water partition coefficient (Wildman–Crippen LogP) is 3.16. The first kappa shape index (κ1) is 17.0. The van der Waals surface area contributed by atoms with Crippen molar-refractivity contribution in [1.82, 2.24) is 4.57 Å². The zero-order valence-corrected chi connectivity index (χ0v) is 14.9. The van der Waals surface area contributed by atoms with E-state index in [1.807, 2.05) is 18.2 Å². The van der Waals surface area contributed by atoms with Gasteiger partial charge in [0.25, 0.3) is 11.5 Å². The van der Waals surface area contributed by atoms with Gasteiger partial charge in [-0.15, -0.1) is 0 Å². The van der Waals surface area contributed by atoms with Crippen LogP contribution >= 0.6 is 0 Å². The molecule has 4 rings (SSSR count). The molecule has 3 aromatic rings. The highest BCUT2D eigenvalue weighted by Crippen LogP contribution is 2.31. The molecule has 6 heteroatoms. The lowest BCUT2D eigenvalue weighted by Crippen LogP contribution is -2.34. The fourth-order valence-corrected chi connectivity index (χ4v) is 3.24. The van der Waals surface area contributed by atoms with E-state index in [9.17, 15) is 14.4 Å². The first-order chi connectivity index (χ1) is 13.0. The monoisotopic (exact) mass is 362 g/mol. The van der Waals surface area contributed by atoms with Crippen LogP contribution in [0.25, 0.3) is 10.8 Å². The second-order valence-electron chi connectivity index (χ2n) is 6.62. The largest absolute Gasteiger partial charge is 0.479 e. The number of rotatable bonds is 3. The van der Waals surface area contributed by atoms with Gasteiger partial charge >= 0.3 is 0 Å². The Hall–Kier alpha value is -3.41. The Labute approximate surface area is 155 Å². The Morgan fingerprint density at radius 1 is 1.15 bits per heavy atom. The first-order valence-electron chi connectivity index (χ1n) is 8.71. The molecular weight excluding hydrogens is 344 g/mol. The second-order valence-corrected chi connectivity index (χ2v) is 6.62. The number of carbonyl (C=O) groups is 2. The van der Waals surface area contributed by atoms with Gasteiger partial charge in [0.2, 0.25) is 0 Å². The van der Waals surface area contributed by atoms with E-state index in [0.717, 1.165) is 5.39 Å². The van der Waals surface area contributed by atoms with Gasteiger partial charge in [0.1, 0.15) is 5.75 Å². The number of aromatic nitrogens is 1. The third-order valence-electron chi connectivity index (χ3n) is 4.83. The van der Waals surface area contributed by atoms with E-state index in [2.05, 4.69) is 5.32 Å². The number of nitrogens with one attached hydrogen (secondary N) is 1. The molecule has 136 valence electrons. The van der Waals surface area contributed by atoms with Crippen LogP contribution in [0.1, 0.15) is 30.2 Å². The normalized spacial score (nSPS) is 17.0. The van der Waals surface area contributed by atoms with Gasteiger partial charge in [0.15, 0.2) is 11.9 Å². The van der Waals surface area contributed by atoms with Crippen LogP contribution in [-0.4, -0.2) is 22.4 Å². The molecule has 0 saturated heterocycles. The van der Waals surface area contributed by atoms with Crippen molar-refractivity contribution >= 4 is 28.2 Å². The summed E-state index contributed by atoms with van der Waals surface area (Å²) in [5.74, 6) is 0.0446. The molecule has 2 heterocycles. The van der Waals surface area contributed by atoms with E-state index in [1.165, 1.54) is 4.57 Å². The van der Waals surface area contributed by atoms with Gasteiger partial charge in [-0.3, -0.25) is 14.4 Å². The van der Waals surface area contributed by atoms with Crippen molar-refractivity contribution in [2.75, 3.05) is 5.32 Å². The van der Waals surface area contributed by atoms with E-state index < -0.39 is 12.1 Å². The van der Waals surface area contributed by atoms with Crippen molar-refractivity contribution in [3.8, 4) is 5.75 Å². The zero-order valence-electron chi connectivity index (χ0n) is 14.9. The number of ether oxygens (including phenoxy) is 1. The molecule has 2 atom stereocenters. The number of Topliss-reactive ketones (excluding diaryl/α,β-unsaturated/α-hetero) is 1. The summed E-state index contributed by atoms with van der Waals surface area (Å²) in [7, 11) is 0. The van der Waals surface area contributed by atoms with Gasteiger partial charge < -0.3 is 14.6 Å². The molecular formula is C21H18N2O4. The summed E-state index contributed by atoms with van der Waals surface area (Å²) in [5, 5.41) is 4.14. The summed E-state index contributed by atoms with van der Waals surface area (Å²) >= 11 is 0. The maximum absolute atomic E-state index is 13.0. The molecule has 1 aliphatic heterocycles. The molecule has 27 heavy (non-hydrogen) atoms. The molecule has 1 aromatic heterocycles. The Bertz CT molecular complexity index is 1130. The fourth-order valence-electron chi connectivity index (χ4n) is 3.24. The van der Waals surface area contributed by atoms with Crippen molar-refractivity contribution in [2.24, 2.45) is 0 Å². The van der Waals surface area contributed by atoms with Gasteiger partial charge in [-0.25, -0.2) is 0 Å². The van der Waals surface area contributed by atoms with E-state index in [4.69, 9.17) is 4.74 Å². The van der Waals surface area contributed by atoms with Gasteiger partial charge in [-0.1, -0.05) is 18.2 Å². The highest BCUT2D eigenvalue weighted by atomic mass is 16.5. The number of amides is 1. The quantitative estimate of drug-likeness (QED) is 0.726. The minimum Gasteiger partial charge on any atom is -0.479 e. The third-order valence-corrected chi connectivity index (χ3v) is 4.83. The Morgan fingerprint density at radius 2 is 1.93 bits per heavy atom. The molecule has 0 bridgehead atoms. The van der Waals surface area contributed by atoms with Crippen molar-refractivity contribution in [3.63, 3.8) is 0 Å². The third kappa shape index (κ3) is 2.89. The molecule has 2 unspecified atom stereocenters. The van der Waals surface area contributed by atoms with Crippen molar-refractivity contribution in [1.29, 1.82) is 0 Å². The van der Waals surface area contributed by atoms with Gasteiger partial charge in [-0.05, 0) is 49.6 Å². The SMILES string of the molecule is CC1Oc2ccc(C(=O)C(C)n3ccc4ccccc4c3=O)cc2NC1=O. The molecule has 1 amide bonds. The molecule has 6 nitrogen and oxygen atoms in total. The minimum absolute atomic E-state index is 0.211. The van der Waals surface area contributed by atoms with Crippen LogP contribution in [0.4, 0.5) is 5.69 Å². The highest BCUT2D eigenvalue weighted by molar-refractivity contribution is 6.03. The van der Waals surface area contributed by atoms with Crippen molar-refractivity contribution in [2.45, 2.75) is 26.0 Å². The van der Waals surface area contributed by atoms with E-state index >= 15 is 0 Å². The number of benzene rings is 2. The van der Waals surface area contributed by atoms with Crippen LogP contribution in [0.2, 0.25) is 0 Å². The summed E-state index contributed by atoms with van der Waals surface area (Å²) < 4.78 is 6.94. The van der Waals surface area contributed by atoms with E-state index in [0.29, 0.717) is 22.4 Å². The van der Waals surface area contributed by atoms with Crippen LogP contribution in [-0.2, 0) is 4.79 Å². The number of hydrogen-bond acceptors (Lipinski definition) is 4. The standard InChI is InChI=1S/C21H18N2O4/c1-12(23-10-9-14-5-3-4-6-16(14)21(23)26)19(24)15-7-8-18-17(11-15)22-20(25)13(2)27-18/h3-13H,1-2H3,(H,22,25). The number of carbonyl (C=O) groups excluding carboxylic acids is 2. The first-order valence-corrected chi connectivity index (χ1v) is 8.71. The lowest BCUT2D eigenvalue weighted by Gasteiger charge is -2.24. The van der Waals surface area contributed by atoms with E-state index in [-0.39, 0.29) is 17.2 Å². The summed E-state index contributed by atoms with van der Waals surface area (Å²) in [6.45, 7) is 3.35. The average molecular weight is 362 g/mol. The molecule has 0 spiro atoms. The molecule has 0 radical (unpaired) electrons. The average Bonchev–Trinajstić information content (AvgIpc) is 2.68. The van der Waals surface area contributed by atoms with Crippen LogP contribution < -0.4 is 15.6 Å². The Morgan fingerprint density at radius 3 is 2.74 bits per heavy atom. The van der Waals surface area contributed by atoms with Crippen molar-refractivity contribution < 1.29 is 14.3 Å².